The van der Waals surface area contributed by atoms with Crippen LogP contribution in [0.4, 0.5) is 0 Å². The molecular weight excluding hydrogens is 1270 g/mol. The maximum absolute atomic E-state index is 13.1. The fourth-order valence-corrected chi connectivity index (χ4v) is 13.4. The highest BCUT2D eigenvalue weighted by molar-refractivity contribution is 7.47. The molecule has 0 heterocycles. The molecule has 5 unspecified atom stereocenters. The molecule has 0 rings (SSSR count). The smallest absolute Gasteiger partial charge is 0.462 e. The lowest BCUT2D eigenvalue weighted by Gasteiger charge is -2.21. The van der Waals surface area contributed by atoms with E-state index in [9.17, 15) is 43.2 Å². The zero-order valence-corrected chi connectivity index (χ0v) is 65.5. The fourth-order valence-electron chi connectivity index (χ4n) is 11.8. The van der Waals surface area contributed by atoms with Crippen LogP contribution in [0.3, 0.4) is 0 Å². The Morgan fingerprint density at radius 3 is 0.732 bits per heavy atom. The number of phosphoric ester groups is 2. The van der Waals surface area contributed by atoms with Gasteiger partial charge in [-0.25, -0.2) is 9.13 Å². The molecule has 0 aromatic heterocycles. The van der Waals surface area contributed by atoms with Crippen LogP contribution in [0.1, 0.15) is 396 Å². The number of unbranched alkanes of at least 4 members (excludes halogenated alkanes) is 39. The average molecular weight is 1420 g/mol. The molecule has 0 aromatic rings. The molecule has 3 N–H and O–H groups in total. The van der Waals surface area contributed by atoms with Gasteiger partial charge in [0.2, 0.25) is 0 Å². The van der Waals surface area contributed by atoms with Gasteiger partial charge in [-0.15, -0.1) is 0 Å². The van der Waals surface area contributed by atoms with Crippen molar-refractivity contribution in [2.45, 2.75) is 414 Å². The van der Waals surface area contributed by atoms with Crippen LogP contribution in [-0.2, 0) is 65.4 Å². The van der Waals surface area contributed by atoms with Gasteiger partial charge in [-0.3, -0.25) is 37.3 Å². The minimum atomic E-state index is -4.96. The lowest BCUT2D eigenvalue weighted by molar-refractivity contribution is -0.161. The van der Waals surface area contributed by atoms with E-state index in [1.54, 1.807) is 0 Å². The molecule has 0 amide bonds. The number of aliphatic hydroxyl groups excluding tert-OH is 1. The van der Waals surface area contributed by atoms with Crippen molar-refractivity contribution in [3.05, 3.63) is 0 Å². The standard InChI is InChI=1S/C78H152O17P2/c1-9-70(7)56-48-40-32-23-19-15-11-12-16-21-25-36-44-52-60-77(82)94-73(64-88-75(80)58-50-42-34-24-20-17-13-14-18-22-30-38-46-54-68(3)4)66-92-96(84,85)90-62-72(79)63-91-97(86,87)93-67-74(65-89-76(81)59-51-43-35-28-26-31-39-47-55-69(5)6)95-78(83)61-53-45-37-29-27-33-41-49-57-71(8)10-2/h68-74,79H,9-67H2,1-8H3,(H,84,85)(H,86,87)/t70?,71?,72?,73-,74-/m1/s1. The van der Waals surface area contributed by atoms with Gasteiger partial charge in [0.05, 0.1) is 26.4 Å². The van der Waals surface area contributed by atoms with Crippen LogP contribution in [0.5, 0.6) is 0 Å². The molecule has 0 radical (unpaired) electrons. The molecule has 0 aromatic carbocycles. The molecule has 0 aliphatic rings. The van der Waals surface area contributed by atoms with Gasteiger partial charge in [0.25, 0.3) is 0 Å². The first kappa shape index (κ1) is 95.1. The number of ether oxygens (including phenoxy) is 4. The maximum atomic E-state index is 13.1. The van der Waals surface area contributed by atoms with Crippen LogP contribution in [-0.4, -0.2) is 96.7 Å². The largest absolute Gasteiger partial charge is 0.472 e. The number of rotatable bonds is 75. The Morgan fingerprint density at radius 2 is 0.495 bits per heavy atom. The van der Waals surface area contributed by atoms with Crippen molar-refractivity contribution >= 4 is 39.5 Å². The third-order valence-corrected chi connectivity index (χ3v) is 20.7. The lowest BCUT2D eigenvalue weighted by Crippen LogP contribution is -2.30. The minimum Gasteiger partial charge on any atom is -0.462 e. The van der Waals surface area contributed by atoms with Gasteiger partial charge in [0, 0.05) is 25.7 Å². The van der Waals surface area contributed by atoms with Crippen LogP contribution in [0, 0.1) is 23.7 Å². The second-order valence-corrected chi connectivity index (χ2v) is 32.4. The number of phosphoric acid groups is 2. The molecule has 97 heavy (non-hydrogen) atoms. The Kier molecular flexibility index (Phi) is 65.9. The highest BCUT2D eigenvalue weighted by atomic mass is 31.2. The third kappa shape index (κ3) is 69.5. The molecule has 0 aliphatic carbocycles. The van der Waals surface area contributed by atoms with E-state index in [-0.39, 0.29) is 25.7 Å². The fraction of sp³-hybridized carbons (Fsp3) is 0.949. The summed E-state index contributed by atoms with van der Waals surface area (Å²) in [6, 6.07) is 0. The van der Waals surface area contributed by atoms with Gasteiger partial charge in [-0.05, 0) is 49.4 Å². The Hall–Kier alpha value is -1.94. The molecule has 576 valence electrons. The van der Waals surface area contributed by atoms with Crippen molar-refractivity contribution in [1.82, 2.24) is 0 Å². The SMILES string of the molecule is CCC(C)CCCCCCCCCCCCCCCCC(=O)O[C@H](COC(=O)CCCCCCCCCCCCCCCC(C)C)COP(=O)(O)OCC(O)COP(=O)(O)OC[C@@H](COC(=O)CCCCCCCCCCC(C)C)OC(=O)CCCCCCCCCCC(C)CC. The quantitative estimate of drug-likeness (QED) is 0.0222. The van der Waals surface area contributed by atoms with Crippen molar-refractivity contribution in [1.29, 1.82) is 0 Å². The van der Waals surface area contributed by atoms with Crippen LogP contribution in [0.15, 0.2) is 0 Å². The first-order chi connectivity index (χ1) is 46.7. The van der Waals surface area contributed by atoms with Gasteiger partial charge < -0.3 is 33.8 Å². The van der Waals surface area contributed by atoms with Gasteiger partial charge >= 0.3 is 39.5 Å². The van der Waals surface area contributed by atoms with E-state index in [0.29, 0.717) is 25.7 Å². The van der Waals surface area contributed by atoms with E-state index in [1.807, 2.05) is 0 Å². The Balaban J connectivity index is 5.26. The van der Waals surface area contributed by atoms with E-state index in [1.165, 1.54) is 199 Å². The predicted molar refractivity (Wildman–Crippen MR) is 395 cm³/mol. The first-order valence-electron chi connectivity index (χ1n) is 40.3. The van der Waals surface area contributed by atoms with Crippen molar-refractivity contribution in [3.8, 4) is 0 Å². The summed E-state index contributed by atoms with van der Waals surface area (Å²) in [6.45, 7) is 14.3. The van der Waals surface area contributed by atoms with Gasteiger partial charge in [-0.2, -0.15) is 0 Å². The van der Waals surface area contributed by atoms with E-state index in [0.717, 1.165) is 114 Å². The second-order valence-electron chi connectivity index (χ2n) is 29.5. The zero-order chi connectivity index (χ0) is 71.7. The topological polar surface area (TPSA) is 237 Å². The van der Waals surface area contributed by atoms with Crippen molar-refractivity contribution in [2.75, 3.05) is 39.6 Å². The van der Waals surface area contributed by atoms with Crippen molar-refractivity contribution in [3.63, 3.8) is 0 Å². The Labute approximate surface area is 594 Å². The molecule has 0 saturated carbocycles. The molecule has 0 fully saturated rings. The number of carbonyl (C=O) groups is 4. The van der Waals surface area contributed by atoms with Gasteiger partial charge in [0.15, 0.2) is 12.2 Å². The molecule has 17 nitrogen and oxygen atoms in total. The van der Waals surface area contributed by atoms with E-state index in [2.05, 4.69) is 55.4 Å². The number of aliphatic hydroxyl groups is 1. The molecule has 0 aliphatic heterocycles. The normalized spacial score (nSPS) is 14.6. The maximum Gasteiger partial charge on any atom is 0.472 e. The molecule has 0 saturated heterocycles. The van der Waals surface area contributed by atoms with Crippen LogP contribution < -0.4 is 0 Å². The summed E-state index contributed by atoms with van der Waals surface area (Å²) >= 11 is 0. The Bertz CT molecular complexity index is 1910. The van der Waals surface area contributed by atoms with Crippen LogP contribution >= 0.6 is 15.6 Å². The third-order valence-electron chi connectivity index (χ3n) is 18.8. The molecular formula is C78H152O17P2. The van der Waals surface area contributed by atoms with Crippen molar-refractivity contribution in [2.24, 2.45) is 23.7 Å². The molecule has 19 heteroatoms. The van der Waals surface area contributed by atoms with Crippen LogP contribution in [0.2, 0.25) is 0 Å². The summed E-state index contributed by atoms with van der Waals surface area (Å²) < 4.78 is 68.6. The number of esters is 4. The minimum absolute atomic E-state index is 0.104. The van der Waals surface area contributed by atoms with E-state index in [4.69, 9.17) is 37.0 Å². The monoisotopic (exact) mass is 1420 g/mol. The number of hydrogen-bond acceptors (Lipinski definition) is 15. The van der Waals surface area contributed by atoms with Gasteiger partial charge in [0.1, 0.15) is 19.3 Å². The van der Waals surface area contributed by atoms with Crippen molar-refractivity contribution < 1.29 is 80.2 Å². The summed E-state index contributed by atoms with van der Waals surface area (Å²) in [7, 11) is -9.92. The lowest BCUT2D eigenvalue weighted by atomic mass is 9.99. The summed E-state index contributed by atoms with van der Waals surface area (Å²) in [6.07, 6.45) is 52.6. The average Bonchev–Trinajstić information content (AvgIpc) is 1.14. The van der Waals surface area contributed by atoms with Gasteiger partial charge in [-0.1, -0.05) is 344 Å². The summed E-state index contributed by atoms with van der Waals surface area (Å²) in [5.74, 6) is 1.01. The highest BCUT2D eigenvalue weighted by Crippen LogP contribution is 2.45. The summed E-state index contributed by atoms with van der Waals surface area (Å²) in [5, 5.41) is 10.6. The van der Waals surface area contributed by atoms with E-state index < -0.39 is 97.5 Å². The predicted octanol–water partition coefficient (Wildman–Crippen LogP) is 22.8. The second kappa shape index (κ2) is 67.2. The summed E-state index contributed by atoms with van der Waals surface area (Å²) in [4.78, 5) is 72.9. The highest BCUT2D eigenvalue weighted by Gasteiger charge is 2.30. The number of carbonyl (C=O) groups excluding carboxylic acids is 4. The summed E-state index contributed by atoms with van der Waals surface area (Å²) in [5.41, 5.74) is 0. The number of hydrogen-bond donors (Lipinski definition) is 3. The zero-order valence-electron chi connectivity index (χ0n) is 63.7. The molecule has 0 bridgehead atoms. The Morgan fingerprint density at radius 1 is 0.289 bits per heavy atom. The first-order valence-corrected chi connectivity index (χ1v) is 43.3. The van der Waals surface area contributed by atoms with Crippen LogP contribution in [0.25, 0.3) is 0 Å². The van der Waals surface area contributed by atoms with E-state index >= 15 is 0 Å². The molecule has 7 atom stereocenters. The molecule has 0 spiro atoms.